The molecule has 1 aliphatic rings. The van der Waals surface area contributed by atoms with Crippen LogP contribution >= 0.6 is 22.7 Å². The minimum absolute atomic E-state index is 0.0717. The Morgan fingerprint density at radius 3 is 3.00 bits per heavy atom. The highest BCUT2D eigenvalue weighted by molar-refractivity contribution is 7.14. The molecule has 0 bridgehead atoms. The molecular weight excluding hydrogens is 332 g/mol. The van der Waals surface area contributed by atoms with Crippen LogP contribution in [0, 0.1) is 5.92 Å². The lowest BCUT2D eigenvalue weighted by atomic mass is 10.1. The predicted octanol–water partition coefficient (Wildman–Crippen LogP) is 1.81. The molecule has 0 aliphatic carbocycles. The molecule has 0 aromatic carbocycles. The maximum atomic E-state index is 12.3. The van der Waals surface area contributed by atoms with Crippen molar-refractivity contribution in [3.05, 3.63) is 33.5 Å². The summed E-state index contributed by atoms with van der Waals surface area (Å²) in [6.07, 6.45) is 1.24. The quantitative estimate of drug-likeness (QED) is 0.861. The zero-order valence-electron chi connectivity index (χ0n) is 12.5. The topological polar surface area (TPSA) is 88.3 Å². The third kappa shape index (κ3) is 3.95. The number of rotatable bonds is 5. The van der Waals surface area contributed by atoms with Crippen molar-refractivity contribution in [1.29, 1.82) is 0 Å². The van der Waals surface area contributed by atoms with Gasteiger partial charge in [-0.25, -0.2) is 4.98 Å². The highest BCUT2D eigenvalue weighted by Gasteiger charge is 2.25. The van der Waals surface area contributed by atoms with Crippen molar-refractivity contribution in [3.8, 4) is 0 Å². The first-order chi connectivity index (χ1) is 11.2. The number of thiazole rings is 1. The molecule has 2 aromatic rings. The van der Waals surface area contributed by atoms with Gasteiger partial charge in [0.15, 0.2) is 5.13 Å². The predicted molar refractivity (Wildman–Crippen MR) is 91.8 cm³/mol. The van der Waals surface area contributed by atoms with E-state index >= 15 is 0 Å². The second-order valence-electron chi connectivity index (χ2n) is 5.48. The van der Waals surface area contributed by atoms with Crippen LogP contribution < -0.4 is 11.1 Å². The van der Waals surface area contributed by atoms with E-state index in [2.05, 4.69) is 10.3 Å². The van der Waals surface area contributed by atoms with Crippen molar-refractivity contribution >= 4 is 39.6 Å². The van der Waals surface area contributed by atoms with Gasteiger partial charge in [-0.3, -0.25) is 14.9 Å². The molecule has 3 rings (SSSR count). The van der Waals surface area contributed by atoms with E-state index in [0.717, 1.165) is 19.5 Å². The Morgan fingerprint density at radius 2 is 2.30 bits per heavy atom. The number of nitrogens with zero attached hydrogens (tertiary/aromatic N) is 2. The Balaban J connectivity index is 1.55. The molecule has 1 saturated heterocycles. The molecule has 2 aromatic heterocycles. The van der Waals surface area contributed by atoms with E-state index in [4.69, 9.17) is 5.73 Å². The molecule has 6 nitrogen and oxygen atoms in total. The van der Waals surface area contributed by atoms with Crippen molar-refractivity contribution in [2.45, 2.75) is 12.8 Å². The van der Waals surface area contributed by atoms with Gasteiger partial charge in [0.05, 0.1) is 17.0 Å². The van der Waals surface area contributed by atoms with E-state index in [1.807, 2.05) is 21.7 Å². The van der Waals surface area contributed by atoms with Crippen molar-refractivity contribution in [2.75, 3.05) is 25.0 Å². The fraction of sp³-hybridized carbons (Fsp3) is 0.400. The van der Waals surface area contributed by atoms with Gasteiger partial charge in [0.1, 0.15) is 0 Å². The maximum Gasteiger partial charge on any atom is 0.267 e. The summed E-state index contributed by atoms with van der Waals surface area (Å²) in [6, 6.07) is 3.59. The molecular formula is C15H18N4O2S2. The third-order valence-corrected chi connectivity index (χ3v) is 5.50. The second kappa shape index (κ2) is 7.20. The highest BCUT2D eigenvalue weighted by Crippen LogP contribution is 2.20. The number of nitrogens with one attached hydrogen (secondary N) is 1. The van der Waals surface area contributed by atoms with Crippen molar-refractivity contribution in [3.63, 3.8) is 0 Å². The summed E-state index contributed by atoms with van der Waals surface area (Å²) in [6.45, 7) is 2.13. The first-order valence-corrected chi connectivity index (χ1v) is 9.18. The maximum absolute atomic E-state index is 12.3. The number of carbonyl (C=O) groups is 2. The van der Waals surface area contributed by atoms with Crippen LogP contribution in [0.4, 0.5) is 5.13 Å². The monoisotopic (exact) mass is 350 g/mol. The Kier molecular flexibility index (Phi) is 5.04. The Hall–Kier alpha value is -1.77. The van der Waals surface area contributed by atoms with Gasteiger partial charge in [-0.05, 0) is 30.3 Å². The average Bonchev–Trinajstić information content (AvgIpc) is 3.28. The summed E-state index contributed by atoms with van der Waals surface area (Å²) in [7, 11) is 0. The minimum atomic E-state index is -0.169. The standard InChI is InChI=1S/C15H18N4O2S2/c16-7-10-3-4-19(8-10)13(20)6-11-9-23-15(17-11)18-14(21)12-2-1-5-22-12/h1-2,5,9-10H,3-4,6-8,16H2,(H,17,18,21). The number of anilines is 1. The van der Waals surface area contributed by atoms with Crippen LogP contribution in [0.1, 0.15) is 21.8 Å². The molecule has 8 heteroatoms. The minimum Gasteiger partial charge on any atom is -0.342 e. The summed E-state index contributed by atoms with van der Waals surface area (Å²) in [5.74, 6) is 0.315. The molecule has 122 valence electrons. The molecule has 1 unspecified atom stereocenters. The van der Waals surface area contributed by atoms with Crippen LogP contribution in [0.25, 0.3) is 0 Å². The summed E-state index contributed by atoms with van der Waals surface area (Å²) in [4.78, 5) is 31.0. The smallest absolute Gasteiger partial charge is 0.267 e. The van der Waals surface area contributed by atoms with E-state index in [1.54, 1.807) is 6.07 Å². The number of likely N-dealkylation sites (tertiary alicyclic amines) is 1. The number of aromatic nitrogens is 1. The lowest BCUT2D eigenvalue weighted by Crippen LogP contribution is -2.31. The molecule has 1 atom stereocenters. The molecule has 23 heavy (non-hydrogen) atoms. The van der Waals surface area contributed by atoms with Gasteiger partial charge < -0.3 is 10.6 Å². The number of thiophene rings is 1. The van der Waals surface area contributed by atoms with Gasteiger partial charge in [0.2, 0.25) is 5.91 Å². The van der Waals surface area contributed by atoms with Gasteiger partial charge in [-0.15, -0.1) is 22.7 Å². The second-order valence-corrected chi connectivity index (χ2v) is 7.29. The van der Waals surface area contributed by atoms with E-state index < -0.39 is 0 Å². The summed E-state index contributed by atoms with van der Waals surface area (Å²) in [5, 5.41) is 6.95. The number of amides is 2. The van der Waals surface area contributed by atoms with Crippen LogP contribution in [-0.2, 0) is 11.2 Å². The van der Waals surface area contributed by atoms with Crippen LogP contribution in [0.3, 0.4) is 0 Å². The number of hydrogen-bond acceptors (Lipinski definition) is 6. The molecule has 3 heterocycles. The van der Waals surface area contributed by atoms with Gasteiger partial charge >= 0.3 is 0 Å². The Labute approximate surface area is 142 Å². The number of hydrogen-bond donors (Lipinski definition) is 2. The van der Waals surface area contributed by atoms with Gasteiger partial charge in [-0.1, -0.05) is 6.07 Å². The zero-order chi connectivity index (χ0) is 16.2. The first-order valence-electron chi connectivity index (χ1n) is 7.43. The molecule has 1 aliphatic heterocycles. The summed E-state index contributed by atoms with van der Waals surface area (Å²) < 4.78 is 0. The fourth-order valence-electron chi connectivity index (χ4n) is 2.53. The lowest BCUT2D eigenvalue weighted by Gasteiger charge is -2.15. The zero-order valence-corrected chi connectivity index (χ0v) is 14.2. The average molecular weight is 350 g/mol. The van der Waals surface area contributed by atoms with Crippen LogP contribution in [0.5, 0.6) is 0 Å². The van der Waals surface area contributed by atoms with Crippen molar-refractivity contribution < 1.29 is 9.59 Å². The molecule has 3 N–H and O–H groups in total. The molecule has 1 fully saturated rings. The first kappa shape index (κ1) is 16.1. The SMILES string of the molecule is NCC1CCN(C(=O)Cc2csc(NC(=O)c3cccs3)n2)C1. The largest absolute Gasteiger partial charge is 0.342 e. The summed E-state index contributed by atoms with van der Waals surface area (Å²) in [5.41, 5.74) is 6.34. The molecule has 0 radical (unpaired) electrons. The van der Waals surface area contributed by atoms with Crippen LogP contribution in [-0.4, -0.2) is 41.3 Å². The summed E-state index contributed by atoms with van der Waals surface area (Å²) >= 11 is 2.72. The van der Waals surface area contributed by atoms with E-state index in [1.165, 1.54) is 22.7 Å². The highest BCUT2D eigenvalue weighted by atomic mass is 32.1. The molecule has 2 amide bonds. The van der Waals surface area contributed by atoms with Crippen LogP contribution in [0.2, 0.25) is 0 Å². The van der Waals surface area contributed by atoms with E-state index in [-0.39, 0.29) is 18.2 Å². The van der Waals surface area contributed by atoms with Gasteiger partial charge in [-0.2, -0.15) is 0 Å². The van der Waals surface area contributed by atoms with Crippen molar-refractivity contribution in [2.24, 2.45) is 11.7 Å². The normalized spacial score (nSPS) is 17.4. The Bertz CT molecular complexity index is 683. The number of nitrogens with two attached hydrogens (primary N) is 1. The van der Waals surface area contributed by atoms with Crippen molar-refractivity contribution in [1.82, 2.24) is 9.88 Å². The van der Waals surface area contributed by atoms with E-state index in [9.17, 15) is 9.59 Å². The van der Waals surface area contributed by atoms with Crippen LogP contribution in [0.15, 0.2) is 22.9 Å². The van der Waals surface area contributed by atoms with E-state index in [0.29, 0.717) is 28.2 Å². The number of carbonyl (C=O) groups excluding carboxylic acids is 2. The Morgan fingerprint density at radius 1 is 1.43 bits per heavy atom. The van der Waals surface area contributed by atoms with Gasteiger partial charge in [0, 0.05) is 18.5 Å². The molecule has 0 saturated carbocycles. The fourth-order valence-corrected chi connectivity index (χ4v) is 3.85. The third-order valence-electron chi connectivity index (χ3n) is 3.82. The molecule has 0 spiro atoms. The lowest BCUT2D eigenvalue weighted by molar-refractivity contribution is -0.129. The van der Waals surface area contributed by atoms with Gasteiger partial charge in [0.25, 0.3) is 5.91 Å².